The van der Waals surface area contributed by atoms with E-state index in [-0.39, 0.29) is 18.9 Å². The van der Waals surface area contributed by atoms with Crippen LogP contribution in [0.15, 0.2) is 0 Å². The predicted octanol–water partition coefficient (Wildman–Crippen LogP) is -0.283. The Kier molecular flexibility index (Phi) is 8.55. The molecule has 0 atom stereocenters. The van der Waals surface area contributed by atoms with Gasteiger partial charge in [0.15, 0.2) is 0 Å². The summed E-state index contributed by atoms with van der Waals surface area (Å²) in [4.78, 5) is 35.3. The molecule has 0 rings (SSSR count). The van der Waals surface area contributed by atoms with Gasteiger partial charge < -0.3 is 10.1 Å². The van der Waals surface area contributed by atoms with E-state index < -0.39 is 11.9 Å². The second-order valence-corrected chi connectivity index (χ2v) is 3.60. The second-order valence-electron chi connectivity index (χ2n) is 3.60. The molecule has 0 bridgehead atoms. The van der Waals surface area contributed by atoms with Gasteiger partial charge >= 0.3 is 12.0 Å². The molecule has 3 amide bonds. The summed E-state index contributed by atoms with van der Waals surface area (Å²) in [5.41, 5.74) is 0. The zero-order chi connectivity index (χ0) is 14.0. The van der Waals surface area contributed by atoms with Crippen molar-refractivity contribution in [3.05, 3.63) is 0 Å². The van der Waals surface area contributed by atoms with E-state index in [1.165, 1.54) is 7.11 Å². The van der Waals surface area contributed by atoms with E-state index in [4.69, 9.17) is 0 Å². The molecular weight excluding hydrogens is 238 g/mol. The lowest BCUT2D eigenvalue weighted by molar-refractivity contribution is -0.141. The molecule has 7 heteroatoms. The molecule has 0 saturated carbocycles. The number of ether oxygens (including phenoxy) is 1. The summed E-state index contributed by atoms with van der Waals surface area (Å²) >= 11 is 0. The van der Waals surface area contributed by atoms with Gasteiger partial charge in [0.1, 0.15) is 0 Å². The van der Waals surface area contributed by atoms with Crippen molar-refractivity contribution in [1.82, 2.24) is 15.5 Å². The number of carbonyl (C=O) groups is 3. The standard InChI is InChI=1S/C11H21N3O4/c1-4-12-11(17)13-9(15)8-14(5-2)7-6-10(16)18-3/h4-8H2,1-3H3,(H2,12,13,15,17). The Morgan fingerprint density at radius 2 is 1.89 bits per heavy atom. The van der Waals surface area contributed by atoms with Gasteiger partial charge in [-0.1, -0.05) is 6.92 Å². The number of rotatable bonds is 7. The van der Waals surface area contributed by atoms with Crippen molar-refractivity contribution in [3.63, 3.8) is 0 Å². The van der Waals surface area contributed by atoms with E-state index in [9.17, 15) is 14.4 Å². The lowest BCUT2D eigenvalue weighted by Crippen LogP contribution is -2.44. The summed E-state index contributed by atoms with van der Waals surface area (Å²) < 4.78 is 4.52. The average Bonchev–Trinajstić information content (AvgIpc) is 2.33. The molecule has 0 spiro atoms. The van der Waals surface area contributed by atoms with Crippen LogP contribution in [0.1, 0.15) is 20.3 Å². The van der Waals surface area contributed by atoms with Crippen molar-refractivity contribution in [2.45, 2.75) is 20.3 Å². The maximum absolute atomic E-state index is 11.5. The van der Waals surface area contributed by atoms with Gasteiger partial charge in [0.05, 0.1) is 20.1 Å². The van der Waals surface area contributed by atoms with Crippen molar-refractivity contribution < 1.29 is 19.1 Å². The normalized spacial score (nSPS) is 10.0. The molecule has 0 aromatic rings. The van der Waals surface area contributed by atoms with Crippen LogP contribution in [0.2, 0.25) is 0 Å². The summed E-state index contributed by atoms with van der Waals surface area (Å²) in [6.07, 6.45) is 0.221. The van der Waals surface area contributed by atoms with E-state index >= 15 is 0 Å². The van der Waals surface area contributed by atoms with Gasteiger partial charge in [-0.15, -0.1) is 0 Å². The molecule has 0 aromatic heterocycles. The number of imide groups is 1. The van der Waals surface area contributed by atoms with Crippen LogP contribution in [0.5, 0.6) is 0 Å². The molecule has 0 heterocycles. The first-order valence-corrected chi connectivity index (χ1v) is 5.90. The Bertz CT molecular complexity index is 294. The summed E-state index contributed by atoms with van der Waals surface area (Å²) in [7, 11) is 1.32. The molecule has 0 saturated heterocycles. The summed E-state index contributed by atoms with van der Waals surface area (Å²) in [5, 5.41) is 4.66. The summed E-state index contributed by atoms with van der Waals surface area (Å²) in [6, 6.07) is -0.508. The molecular formula is C11H21N3O4. The number of nitrogens with one attached hydrogen (secondary N) is 2. The van der Waals surface area contributed by atoms with Gasteiger partial charge in [0.25, 0.3) is 0 Å². The van der Waals surface area contributed by atoms with Crippen molar-refractivity contribution in [1.29, 1.82) is 0 Å². The highest BCUT2D eigenvalue weighted by Crippen LogP contribution is 1.93. The molecule has 104 valence electrons. The average molecular weight is 259 g/mol. The number of hydrogen-bond acceptors (Lipinski definition) is 5. The highest BCUT2D eigenvalue weighted by Gasteiger charge is 2.12. The topological polar surface area (TPSA) is 87.7 Å². The van der Waals surface area contributed by atoms with Crippen molar-refractivity contribution in [3.8, 4) is 0 Å². The fourth-order valence-corrected chi connectivity index (χ4v) is 1.27. The number of urea groups is 1. The lowest BCUT2D eigenvalue weighted by Gasteiger charge is -2.18. The van der Waals surface area contributed by atoms with Crippen LogP contribution in [0.4, 0.5) is 4.79 Å². The second kappa shape index (κ2) is 9.41. The van der Waals surface area contributed by atoms with Crippen LogP contribution in [-0.2, 0) is 14.3 Å². The SMILES string of the molecule is CCNC(=O)NC(=O)CN(CC)CCC(=O)OC. The third-order valence-electron chi connectivity index (χ3n) is 2.26. The highest BCUT2D eigenvalue weighted by atomic mass is 16.5. The predicted molar refractivity (Wildman–Crippen MR) is 66.0 cm³/mol. The molecule has 18 heavy (non-hydrogen) atoms. The first-order valence-electron chi connectivity index (χ1n) is 5.90. The van der Waals surface area contributed by atoms with E-state index in [0.717, 1.165) is 0 Å². The molecule has 7 nitrogen and oxygen atoms in total. The Morgan fingerprint density at radius 1 is 1.22 bits per heavy atom. The summed E-state index contributed by atoms with van der Waals surface area (Å²) in [5.74, 6) is -0.717. The smallest absolute Gasteiger partial charge is 0.321 e. The molecule has 0 radical (unpaired) electrons. The number of amides is 3. The molecule has 0 aromatic carbocycles. The zero-order valence-corrected chi connectivity index (χ0v) is 11.1. The minimum atomic E-state index is -0.508. The number of methoxy groups -OCH3 is 1. The van der Waals surface area contributed by atoms with Gasteiger partial charge in [-0.3, -0.25) is 19.8 Å². The quantitative estimate of drug-likeness (QED) is 0.614. The first kappa shape index (κ1) is 16.4. The Morgan fingerprint density at radius 3 is 2.39 bits per heavy atom. The van der Waals surface area contributed by atoms with Crippen LogP contribution in [0.25, 0.3) is 0 Å². The third-order valence-corrected chi connectivity index (χ3v) is 2.26. The van der Waals surface area contributed by atoms with Crippen LogP contribution in [0.3, 0.4) is 0 Å². The Hall–Kier alpha value is -1.63. The van der Waals surface area contributed by atoms with Gasteiger partial charge in [0.2, 0.25) is 5.91 Å². The van der Waals surface area contributed by atoms with Crippen molar-refractivity contribution in [2.24, 2.45) is 0 Å². The largest absolute Gasteiger partial charge is 0.469 e. The van der Waals surface area contributed by atoms with Gasteiger partial charge in [-0.25, -0.2) is 4.79 Å². The van der Waals surface area contributed by atoms with Gasteiger partial charge in [0, 0.05) is 13.1 Å². The number of hydrogen-bond donors (Lipinski definition) is 2. The van der Waals surface area contributed by atoms with Crippen LogP contribution in [-0.4, -0.2) is 56.1 Å². The lowest BCUT2D eigenvalue weighted by atomic mass is 10.3. The minimum absolute atomic E-state index is 0.0740. The van der Waals surface area contributed by atoms with E-state index in [1.54, 1.807) is 11.8 Å². The fourth-order valence-electron chi connectivity index (χ4n) is 1.27. The Balaban J connectivity index is 4.00. The van der Waals surface area contributed by atoms with E-state index in [2.05, 4.69) is 15.4 Å². The molecule has 0 aliphatic rings. The Labute approximate surface area is 107 Å². The molecule has 0 fully saturated rings. The number of carbonyl (C=O) groups excluding carboxylic acids is 3. The van der Waals surface area contributed by atoms with Gasteiger partial charge in [-0.05, 0) is 13.5 Å². The number of likely N-dealkylation sites (N-methyl/N-ethyl adjacent to an activating group) is 1. The maximum atomic E-state index is 11.5. The first-order chi connectivity index (χ1) is 8.53. The minimum Gasteiger partial charge on any atom is -0.469 e. The van der Waals surface area contributed by atoms with Crippen molar-refractivity contribution in [2.75, 3.05) is 33.3 Å². The van der Waals surface area contributed by atoms with Crippen LogP contribution >= 0.6 is 0 Å². The van der Waals surface area contributed by atoms with Gasteiger partial charge in [-0.2, -0.15) is 0 Å². The molecule has 0 aliphatic heterocycles. The highest BCUT2D eigenvalue weighted by molar-refractivity contribution is 5.95. The number of nitrogens with zero attached hydrogens (tertiary/aromatic N) is 1. The van der Waals surface area contributed by atoms with E-state index in [0.29, 0.717) is 19.6 Å². The monoisotopic (exact) mass is 259 g/mol. The molecule has 0 aliphatic carbocycles. The molecule has 2 N–H and O–H groups in total. The van der Waals surface area contributed by atoms with E-state index in [1.807, 2.05) is 6.92 Å². The third kappa shape index (κ3) is 7.61. The fraction of sp³-hybridized carbons (Fsp3) is 0.727. The molecule has 0 unspecified atom stereocenters. The zero-order valence-electron chi connectivity index (χ0n) is 11.1. The maximum Gasteiger partial charge on any atom is 0.321 e. The van der Waals surface area contributed by atoms with Crippen LogP contribution < -0.4 is 10.6 Å². The number of esters is 1. The van der Waals surface area contributed by atoms with Crippen LogP contribution in [0, 0.1) is 0 Å². The summed E-state index contributed by atoms with van der Waals surface area (Å²) in [6.45, 7) is 5.20. The van der Waals surface area contributed by atoms with Crippen molar-refractivity contribution >= 4 is 17.9 Å².